The van der Waals surface area contributed by atoms with Crippen molar-refractivity contribution < 1.29 is 9.59 Å². The highest BCUT2D eigenvalue weighted by molar-refractivity contribution is 5.87. The third kappa shape index (κ3) is 8.03. The van der Waals surface area contributed by atoms with Gasteiger partial charge in [0, 0.05) is 19.0 Å². The second-order valence-corrected chi connectivity index (χ2v) is 10.2. The third-order valence-electron chi connectivity index (χ3n) is 6.27. The fourth-order valence-electron chi connectivity index (χ4n) is 3.93. The van der Waals surface area contributed by atoms with Crippen LogP contribution in [0, 0.1) is 6.92 Å². The maximum atomic E-state index is 13.4. The highest BCUT2D eigenvalue weighted by atomic mass is 16.2. The van der Waals surface area contributed by atoms with Crippen LogP contribution >= 0.6 is 0 Å². The highest BCUT2D eigenvalue weighted by Crippen LogP contribution is 2.23. The Morgan fingerprint density at radius 1 is 0.970 bits per heavy atom. The zero-order valence-corrected chi connectivity index (χ0v) is 21.6. The van der Waals surface area contributed by atoms with Gasteiger partial charge in [-0.05, 0) is 55.2 Å². The highest BCUT2D eigenvalue weighted by Gasteiger charge is 2.29. The molecule has 0 aromatic heterocycles. The zero-order chi connectivity index (χ0) is 24.6. The van der Waals surface area contributed by atoms with Gasteiger partial charge < -0.3 is 10.2 Å². The van der Waals surface area contributed by atoms with Crippen molar-refractivity contribution in [1.29, 1.82) is 0 Å². The predicted molar refractivity (Wildman–Crippen MR) is 137 cm³/mol. The van der Waals surface area contributed by atoms with Gasteiger partial charge in [-0.15, -0.1) is 0 Å². The summed E-state index contributed by atoms with van der Waals surface area (Å²) in [6, 6.07) is 16.3. The first kappa shape index (κ1) is 26.6. The van der Waals surface area contributed by atoms with Crippen LogP contribution in [0.1, 0.15) is 83.1 Å². The van der Waals surface area contributed by atoms with Gasteiger partial charge in [-0.25, -0.2) is 0 Å². The topological polar surface area (TPSA) is 49.4 Å². The van der Waals surface area contributed by atoms with Crippen molar-refractivity contribution in [1.82, 2.24) is 10.2 Å². The van der Waals surface area contributed by atoms with Crippen LogP contribution < -0.4 is 5.32 Å². The van der Waals surface area contributed by atoms with Crippen LogP contribution in [-0.4, -0.2) is 28.8 Å². The zero-order valence-electron chi connectivity index (χ0n) is 21.6. The van der Waals surface area contributed by atoms with E-state index in [4.69, 9.17) is 0 Å². The van der Waals surface area contributed by atoms with Gasteiger partial charge in [-0.3, -0.25) is 9.59 Å². The predicted octanol–water partition coefficient (Wildman–Crippen LogP) is 5.95. The van der Waals surface area contributed by atoms with Gasteiger partial charge in [0.1, 0.15) is 6.04 Å². The molecular weight excluding hydrogens is 408 g/mol. The fraction of sp³-hybridized carbons (Fsp3) is 0.517. The molecule has 0 aliphatic rings. The van der Waals surface area contributed by atoms with E-state index in [1.807, 2.05) is 45.9 Å². The number of amides is 2. The van der Waals surface area contributed by atoms with E-state index in [0.29, 0.717) is 25.8 Å². The molecule has 0 aliphatic carbocycles. The second kappa shape index (κ2) is 12.0. The third-order valence-corrected chi connectivity index (χ3v) is 6.27. The molecule has 33 heavy (non-hydrogen) atoms. The Hall–Kier alpha value is -2.62. The van der Waals surface area contributed by atoms with Crippen molar-refractivity contribution in [2.45, 2.75) is 98.2 Å². The Kier molecular flexibility index (Phi) is 9.70. The van der Waals surface area contributed by atoms with E-state index >= 15 is 0 Å². The minimum absolute atomic E-state index is 0.0163. The minimum Gasteiger partial charge on any atom is -0.352 e. The molecule has 0 fully saturated rings. The molecule has 0 radical (unpaired) electrons. The Bertz CT molecular complexity index is 912. The van der Waals surface area contributed by atoms with Crippen LogP contribution in [0.2, 0.25) is 0 Å². The lowest BCUT2D eigenvalue weighted by molar-refractivity contribution is -0.141. The lowest BCUT2D eigenvalue weighted by Gasteiger charge is -2.31. The molecule has 2 unspecified atom stereocenters. The summed E-state index contributed by atoms with van der Waals surface area (Å²) in [5.41, 5.74) is 4.73. The molecule has 1 N–H and O–H groups in total. The van der Waals surface area contributed by atoms with Gasteiger partial charge in [-0.2, -0.15) is 0 Å². The molecule has 2 rings (SSSR count). The molecule has 4 heteroatoms. The van der Waals surface area contributed by atoms with E-state index in [-0.39, 0.29) is 23.3 Å². The molecule has 4 nitrogen and oxygen atoms in total. The van der Waals surface area contributed by atoms with Gasteiger partial charge in [0.2, 0.25) is 11.8 Å². The minimum atomic E-state index is -0.477. The molecule has 2 aromatic carbocycles. The number of hydrogen-bond donors (Lipinski definition) is 1. The van der Waals surface area contributed by atoms with Gasteiger partial charge >= 0.3 is 0 Å². The number of aryl methyl sites for hydroxylation is 2. The Morgan fingerprint density at radius 3 is 2.18 bits per heavy atom. The number of rotatable bonds is 10. The SMILES string of the molecule is CCC(C)NC(=O)C(CC)N(Cc1cccc(C)c1)C(=O)CCc1ccc(C(C)(C)C)cc1. The first-order valence-electron chi connectivity index (χ1n) is 12.3. The maximum Gasteiger partial charge on any atom is 0.243 e. The maximum absolute atomic E-state index is 13.4. The summed E-state index contributed by atoms with van der Waals surface area (Å²) in [6.45, 7) is 15.1. The number of carbonyl (C=O) groups is 2. The van der Waals surface area contributed by atoms with Gasteiger partial charge in [-0.1, -0.05) is 88.7 Å². The lowest BCUT2D eigenvalue weighted by atomic mass is 9.86. The van der Waals surface area contributed by atoms with Crippen molar-refractivity contribution in [3.05, 3.63) is 70.8 Å². The Morgan fingerprint density at radius 2 is 1.64 bits per heavy atom. The average Bonchev–Trinajstić information content (AvgIpc) is 2.77. The van der Waals surface area contributed by atoms with E-state index in [0.717, 1.165) is 23.1 Å². The summed E-state index contributed by atoms with van der Waals surface area (Å²) >= 11 is 0. The summed E-state index contributed by atoms with van der Waals surface area (Å²) in [7, 11) is 0. The van der Waals surface area contributed by atoms with Crippen molar-refractivity contribution in [3.63, 3.8) is 0 Å². The molecule has 0 aliphatic heterocycles. The van der Waals surface area contributed by atoms with Crippen LogP contribution in [0.4, 0.5) is 0 Å². The van der Waals surface area contributed by atoms with Crippen LogP contribution in [0.15, 0.2) is 48.5 Å². The number of carbonyl (C=O) groups excluding carboxylic acids is 2. The Balaban J connectivity index is 2.20. The molecule has 0 saturated carbocycles. The summed E-state index contributed by atoms with van der Waals surface area (Å²) in [5.74, 6) is -0.0510. The summed E-state index contributed by atoms with van der Waals surface area (Å²) in [5, 5.41) is 3.07. The average molecular weight is 451 g/mol. The van der Waals surface area contributed by atoms with Gasteiger partial charge in [0.05, 0.1) is 0 Å². The van der Waals surface area contributed by atoms with Crippen molar-refractivity contribution in [3.8, 4) is 0 Å². The van der Waals surface area contributed by atoms with Crippen molar-refractivity contribution >= 4 is 11.8 Å². The normalized spacial score (nSPS) is 13.3. The van der Waals surface area contributed by atoms with E-state index in [9.17, 15) is 9.59 Å². The molecule has 0 saturated heterocycles. The molecule has 2 amide bonds. The molecular formula is C29H42N2O2. The molecule has 2 aromatic rings. The van der Waals surface area contributed by atoms with Crippen LogP contribution in [0.3, 0.4) is 0 Å². The Labute approximate surface area is 200 Å². The van der Waals surface area contributed by atoms with E-state index in [1.165, 1.54) is 5.56 Å². The van der Waals surface area contributed by atoms with Gasteiger partial charge in [0.25, 0.3) is 0 Å². The summed E-state index contributed by atoms with van der Waals surface area (Å²) in [6.07, 6.45) is 2.49. The lowest BCUT2D eigenvalue weighted by Crippen LogP contribution is -2.50. The molecule has 180 valence electrons. The molecule has 0 spiro atoms. The smallest absolute Gasteiger partial charge is 0.243 e. The van der Waals surface area contributed by atoms with Crippen molar-refractivity contribution in [2.24, 2.45) is 0 Å². The van der Waals surface area contributed by atoms with E-state index < -0.39 is 6.04 Å². The number of hydrogen-bond acceptors (Lipinski definition) is 2. The monoisotopic (exact) mass is 450 g/mol. The van der Waals surface area contributed by atoms with Crippen molar-refractivity contribution in [2.75, 3.05) is 0 Å². The fourth-order valence-corrected chi connectivity index (χ4v) is 3.93. The van der Waals surface area contributed by atoms with Crippen LogP contribution in [0.25, 0.3) is 0 Å². The summed E-state index contributed by atoms with van der Waals surface area (Å²) < 4.78 is 0. The van der Waals surface area contributed by atoms with Crippen LogP contribution in [0.5, 0.6) is 0 Å². The first-order chi connectivity index (χ1) is 15.5. The molecule has 0 bridgehead atoms. The van der Waals surface area contributed by atoms with E-state index in [2.05, 4.69) is 56.4 Å². The molecule has 0 heterocycles. The standard InChI is InChI=1S/C29H42N2O2/c1-8-22(4)30-28(33)26(9-2)31(20-24-12-10-11-21(3)19-24)27(32)18-15-23-13-16-25(17-14-23)29(5,6)7/h10-14,16-17,19,22,26H,8-9,15,18,20H2,1-7H3,(H,30,33). The quantitative estimate of drug-likeness (QED) is 0.486. The largest absolute Gasteiger partial charge is 0.352 e. The van der Waals surface area contributed by atoms with E-state index in [1.54, 1.807) is 4.90 Å². The van der Waals surface area contributed by atoms with Crippen LogP contribution in [-0.2, 0) is 28.0 Å². The molecule has 2 atom stereocenters. The number of benzene rings is 2. The number of nitrogens with zero attached hydrogens (tertiary/aromatic N) is 1. The van der Waals surface area contributed by atoms with Gasteiger partial charge in [0.15, 0.2) is 0 Å². The first-order valence-corrected chi connectivity index (χ1v) is 12.3. The second-order valence-electron chi connectivity index (χ2n) is 10.2. The number of nitrogens with one attached hydrogen (secondary N) is 1. The summed E-state index contributed by atoms with van der Waals surface area (Å²) in [4.78, 5) is 28.3.